The molecule has 0 saturated heterocycles. The van der Waals surface area contributed by atoms with Crippen LogP contribution in [0.3, 0.4) is 0 Å². The van der Waals surface area contributed by atoms with Crippen molar-refractivity contribution in [1.29, 1.82) is 0 Å². The zero-order chi connectivity index (χ0) is 11.1. The van der Waals surface area contributed by atoms with Crippen molar-refractivity contribution in [3.63, 3.8) is 0 Å². The van der Waals surface area contributed by atoms with Crippen LogP contribution in [0.25, 0.3) is 0 Å². The van der Waals surface area contributed by atoms with Crippen LogP contribution in [0, 0.1) is 17.0 Å². The predicted octanol–water partition coefficient (Wildman–Crippen LogP) is 4.07. The third-order valence-electron chi connectivity index (χ3n) is 3.28. The summed E-state index contributed by atoms with van der Waals surface area (Å²) in [6, 6.07) is 4.19. The second-order valence-electron chi connectivity index (χ2n) is 4.40. The molecule has 1 aliphatic carbocycles. The molecule has 0 heterocycles. The van der Waals surface area contributed by atoms with Crippen LogP contribution in [0.5, 0.6) is 0 Å². The SMILES string of the molecule is CC(Br)C1(Cc2ccc(F)c(F)c2)CC1. The van der Waals surface area contributed by atoms with E-state index in [0.29, 0.717) is 4.83 Å². The summed E-state index contributed by atoms with van der Waals surface area (Å²) < 4.78 is 25.7. The van der Waals surface area contributed by atoms with Crippen LogP contribution in [-0.2, 0) is 6.42 Å². The monoisotopic (exact) mass is 274 g/mol. The largest absolute Gasteiger partial charge is 0.204 e. The molecule has 0 amide bonds. The molecular formula is C12H13BrF2. The van der Waals surface area contributed by atoms with E-state index in [0.717, 1.165) is 12.0 Å². The van der Waals surface area contributed by atoms with E-state index in [1.165, 1.54) is 25.0 Å². The van der Waals surface area contributed by atoms with Gasteiger partial charge in [0.25, 0.3) is 0 Å². The van der Waals surface area contributed by atoms with Crippen LogP contribution in [0.2, 0.25) is 0 Å². The fraction of sp³-hybridized carbons (Fsp3) is 0.500. The Balaban J connectivity index is 2.15. The molecule has 1 aliphatic rings. The fourth-order valence-corrected chi connectivity index (χ4v) is 2.55. The van der Waals surface area contributed by atoms with Gasteiger partial charge in [-0.15, -0.1) is 0 Å². The van der Waals surface area contributed by atoms with Crippen LogP contribution in [0.4, 0.5) is 8.78 Å². The predicted molar refractivity (Wildman–Crippen MR) is 60.1 cm³/mol. The molecule has 1 saturated carbocycles. The van der Waals surface area contributed by atoms with Gasteiger partial charge in [0.05, 0.1) is 0 Å². The van der Waals surface area contributed by atoms with Gasteiger partial charge in [-0.1, -0.05) is 28.9 Å². The summed E-state index contributed by atoms with van der Waals surface area (Å²) >= 11 is 3.58. The van der Waals surface area contributed by atoms with Crippen molar-refractivity contribution in [2.75, 3.05) is 0 Å². The molecule has 1 unspecified atom stereocenters. The minimum atomic E-state index is -0.768. The molecule has 0 aromatic heterocycles. The van der Waals surface area contributed by atoms with Crippen molar-refractivity contribution in [3.05, 3.63) is 35.4 Å². The quantitative estimate of drug-likeness (QED) is 0.729. The van der Waals surface area contributed by atoms with E-state index in [9.17, 15) is 8.78 Å². The molecule has 2 rings (SSSR count). The molecular weight excluding hydrogens is 262 g/mol. The molecule has 0 radical (unpaired) electrons. The molecule has 15 heavy (non-hydrogen) atoms. The smallest absolute Gasteiger partial charge is 0.159 e. The molecule has 1 atom stereocenters. The molecule has 0 aliphatic heterocycles. The highest BCUT2D eigenvalue weighted by molar-refractivity contribution is 9.09. The first-order chi connectivity index (χ1) is 7.03. The van der Waals surface area contributed by atoms with Crippen LogP contribution < -0.4 is 0 Å². The van der Waals surface area contributed by atoms with Crippen molar-refractivity contribution in [2.45, 2.75) is 31.0 Å². The lowest BCUT2D eigenvalue weighted by atomic mass is 9.94. The first kappa shape index (κ1) is 11.1. The lowest BCUT2D eigenvalue weighted by molar-refractivity contribution is 0.490. The Morgan fingerprint density at radius 2 is 2.00 bits per heavy atom. The molecule has 0 bridgehead atoms. The summed E-state index contributed by atoms with van der Waals surface area (Å²) in [7, 11) is 0. The van der Waals surface area contributed by atoms with Crippen molar-refractivity contribution < 1.29 is 8.78 Å². The highest BCUT2D eigenvalue weighted by Crippen LogP contribution is 2.53. The lowest BCUT2D eigenvalue weighted by Gasteiger charge is -2.18. The molecule has 1 aromatic rings. The second-order valence-corrected chi connectivity index (χ2v) is 5.78. The fourth-order valence-electron chi connectivity index (χ4n) is 1.93. The van der Waals surface area contributed by atoms with Gasteiger partial charge >= 0.3 is 0 Å². The van der Waals surface area contributed by atoms with Crippen molar-refractivity contribution in [2.24, 2.45) is 5.41 Å². The van der Waals surface area contributed by atoms with Gasteiger partial charge in [0.15, 0.2) is 11.6 Å². The average Bonchev–Trinajstić information content (AvgIpc) is 2.93. The molecule has 3 heteroatoms. The number of alkyl halides is 1. The second kappa shape index (κ2) is 3.85. The van der Waals surface area contributed by atoms with Gasteiger partial charge in [-0.25, -0.2) is 8.78 Å². The molecule has 0 N–H and O–H groups in total. The Morgan fingerprint density at radius 3 is 2.47 bits per heavy atom. The molecule has 0 nitrogen and oxygen atoms in total. The first-order valence-corrected chi connectivity index (χ1v) is 6.03. The lowest BCUT2D eigenvalue weighted by Crippen LogP contribution is -2.15. The van der Waals surface area contributed by atoms with Gasteiger partial charge in [-0.3, -0.25) is 0 Å². The summed E-state index contributed by atoms with van der Waals surface area (Å²) in [6.45, 7) is 2.12. The third kappa shape index (κ3) is 2.22. The van der Waals surface area contributed by atoms with Crippen LogP contribution in [0.1, 0.15) is 25.3 Å². The van der Waals surface area contributed by atoms with Gasteiger partial charge < -0.3 is 0 Å². The topological polar surface area (TPSA) is 0 Å². The molecule has 1 fully saturated rings. The zero-order valence-corrected chi connectivity index (χ0v) is 10.2. The van der Waals surface area contributed by atoms with Gasteiger partial charge in [0, 0.05) is 4.83 Å². The molecule has 0 spiro atoms. The Morgan fingerprint density at radius 1 is 1.33 bits per heavy atom. The number of hydrogen-bond acceptors (Lipinski definition) is 0. The summed E-state index contributed by atoms with van der Waals surface area (Å²) in [5, 5.41) is 0. The maximum Gasteiger partial charge on any atom is 0.159 e. The van der Waals surface area contributed by atoms with E-state index in [4.69, 9.17) is 0 Å². The number of benzene rings is 1. The van der Waals surface area contributed by atoms with Crippen LogP contribution >= 0.6 is 15.9 Å². The van der Waals surface area contributed by atoms with E-state index in [1.807, 2.05) is 0 Å². The molecule has 1 aromatic carbocycles. The van der Waals surface area contributed by atoms with Crippen molar-refractivity contribution >= 4 is 15.9 Å². The zero-order valence-electron chi connectivity index (χ0n) is 8.56. The van der Waals surface area contributed by atoms with Gasteiger partial charge in [-0.2, -0.15) is 0 Å². The Kier molecular flexibility index (Phi) is 2.84. The van der Waals surface area contributed by atoms with Gasteiger partial charge in [0.1, 0.15) is 0 Å². The maximum absolute atomic E-state index is 13.0. The van der Waals surface area contributed by atoms with Gasteiger partial charge in [-0.05, 0) is 42.4 Å². The summed E-state index contributed by atoms with van der Waals surface area (Å²) in [4.78, 5) is 0.429. The first-order valence-electron chi connectivity index (χ1n) is 5.11. The van der Waals surface area contributed by atoms with Crippen LogP contribution in [-0.4, -0.2) is 4.83 Å². The van der Waals surface area contributed by atoms with E-state index < -0.39 is 11.6 Å². The highest BCUT2D eigenvalue weighted by atomic mass is 79.9. The van der Waals surface area contributed by atoms with Crippen LogP contribution in [0.15, 0.2) is 18.2 Å². The number of rotatable bonds is 3. The third-order valence-corrected chi connectivity index (χ3v) is 4.25. The summed E-state index contributed by atoms with van der Waals surface area (Å²) in [5.74, 6) is -1.51. The van der Waals surface area contributed by atoms with E-state index >= 15 is 0 Å². The minimum Gasteiger partial charge on any atom is -0.204 e. The Bertz CT molecular complexity index is 370. The summed E-state index contributed by atoms with van der Waals surface area (Å²) in [6.07, 6.45) is 3.16. The highest BCUT2D eigenvalue weighted by Gasteiger charge is 2.46. The standard InChI is InChI=1S/C12H13BrF2/c1-8(13)12(4-5-12)7-9-2-3-10(14)11(15)6-9/h2-3,6,8H,4-5,7H2,1H3. The van der Waals surface area contributed by atoms with E-state index in [2.05, 4.69) is 22.9 Å². The number of hydrogen-bond donors (Lipinski definition) is 0. The van der Waals surface area contributed by atoms with E-state index in [1.54, 1.807) is 6.07 Å². The Labute approximate surface area is 96.8 Å². The molecule has 82 valence electrons. The minimum absolute atomic E-state index is 0.268. The Hall–Kier alpha value is -0.440. The van der Waals surface area contributed by atoms with Crippen molar-refractivity contribution in [1.82, 2.24) is 0 Å². The average molecular weight is 275 g/mol. The van der Waals surface area contributed by atoms with Gasteiger partial charge in [0.2, 0.25) is 0 Å². The van der Waals surface area contributed by atoms with E-state index in [-0.39, 0.29) is 5.41 Å². The summed E-state index contributed by atoms with van der Waals surface area (Å²) in [5.41, 5.74) is 1.15. The van der Waals surface area contributed by atoms with Crippen molar-refractivity contribution in [3.8, 4) is 0 Å². The maximum atomic E-state index is 13.0. The number of halogens is 3. The normalized spacial score (nSPS) is 20.0.